The van der Waals surface area contributed by atoms with Crippen molar-refractivity contribution in [2.24, 2.45) is 4.99 Å². The van der Waals surface area contributed by atoms with Crippen LogP contribution in [-0.4, -0.2) is 22.4 Å². The molecule has 5 heteroatoms. The summed E-state index contributed by atoms with van der Waals surface area (Å²) in [6.07, 6.45) is 0. The summed E-state index contributed by atoms with van der Waals surface area (Å²) in [5.74, 6) is 1.08. The normalized spacial score (nSPS) is 15.6. The van der Waals surface area contributed by atoms with Gasteiger partial charge in [0.15, 0.2) is 10.3 Å². The molecule has 15 heavy (non-hydrogen) atoms. The number of benzene rings is 1. The minimum absolute atomic E-state index is 0.915. The molecular weight excluding hydrogens is 226 g/mol. The second kappa shape index (κ2) is 3.83. The van der Waals surface area contributed by atoms with Crippen molar-refractivity contribution in [3.8, 4) is 0 Å². The van der Waals surface area contributed by atoms with E-state index in [9.17, 15) is 0 Å². The Kier molecular flexibility index (Phi) is 2.34. The number of hydrogen-bond acceptors (Lipinski definition) is 5. The highest BCUT2D eigenvalue weighted by Gasteiger charge is 2.09. The number of nitrogens with zero attached hydrogens (tertiary/aromatic N) is 2. The highest BCUT2D eigenvalue weighted by Crippen LogP contribution is 2.26. The minimum Gasteiger partial charge on any atom is -0.311 e. The Morgan fingerprint density at radius 1 is 1.27 bits per heavy atom. The van der Waals surface area contributed by atoms with Crippen molar-refractivity contribution in [1.29, 1.82) is 0 Å². The lowest BCUT2D eigenvalue weighted by Crippen LogP contribution is -2.03. The van der Waals surface area contributed by atoms with Gasteiger partial charge < -0.3 is 5.32 Å². The third-order valence-electron chi connectivity index (χ3n) is 2.09. The van der Waals surface area contributed by atoms with E-state index in [-0.39, 0.29) is 0 Å². The summed E-state index contributed by atoms with van der Waals surface area (Å²) in [7, 11) is 0. The Labute approximate surface area is 95.6 Å². The highest BCUT2D eigenvalue weighted by atomic mass is 32.2. The van der Waals surface area contributed by atoms with Gasteiger partial charge in [-0.15, -0.1) is 0 Å². The number of thioether (sulfide) groups is 1. The van der Waals surface area contributed by atoms with Crippen LogP contribution in [0.5, 0.6) is 0 Å². The molecular formula is C10H9N3S2. The average molecular weight is 235 g/mol. The number of amidine groups is 1. The fourth-order valence-corrected chi connectivity index (χ4v) is 3.08. The number of anilines is 1. The fourth-order valence-electron chi connectivity index (χ4n) is 1.43. The maximum atomic E-state index is 4.49. The molecule has 3 rings (SSSR count). The molecule has 76 valence electrons. The van der Waals surface area contributed by atoms with E-state index in [1.165, 1.54) is 4.70 Å². The zero-order valence-electron chi connectivity index (χ0n) is 7.93. The van der Waals surface area contributed by atoms with Crippen LogP contribution < -0.4 is 5.32 Å². The third kappa shape index (κ3) is 1.85. The molecule has 1 aliphatic rings. The van der Waals surface area contributed by atoms with Crippen LogP contribution in [0.4, 0.5) is 5.13 Å². The number of thiazole rings is 1. The van der Waals surface area contributed by atoms with E-state index in [0.717, 1.165) is 28.1 Å². The first-order valence-corrected chi connectivity index (χ1v) is 6.52. The van der Waals surface area contributed by atoms with Crippen LogP contribution >= 0.6 is 23.1 Å². The van der Waals surface area contributed by atoms with Crippen LogP contribution in [0.1, 0.15) is 0 Å². The van der Waals surface area contributed by atoms with Crippen molar-refractivity contribution in [3.63, 3.8) is 0 Å². The molecule has 1 aromatic carbocycles. The van der Waals surface area contributed by atoms with Gasteiger partial charge in [-0.05, 0) is 12.1 Å². The van der Waals surface area contributed by atoms with Crippen molar-refractivity contribution in [2.45, 2.75) is 0 Å². The Bertz CT molecular complexity index is 485. The van der Waals surface area contributed by atoms with Gasteiger partial charge in [-0.1, -0.05) is 35.2 Å². The van der Waals surface area contributed by atoms with Crippen molar-refractivity contribution >= 4 is 43.6 Å². The number of para-hydroxylation sites is 1. The second-order valence-electron chi connectivity index (χ2n) is 3.15. The molecule has 2 heterocycles. The van der Waals surface area contributed by atoms with Crippen molar-refractivity contribution in [3.05, 3.63) is 24.3 Å². The lowest BCUT2D eigenvalue weighted by atomic mass is 10.3. The molecule has 0 unspecified atom stereocenters. The summed E-state index contributed by atoms with van der Waals surface area (Å²) in [5, 5.41) is 5.18. The maximum Gasteiger partial charge on any atom is 0.189 e. The molecule has 0 spiro atoms. The van der Waals surface area contributed by atoms with Crippen LogP contribution in [-0.2, 0) is 0 Å². The summed E-state index contributed by atoms with van der Waals surface area (Å²) in [6.45, 7) is 0.915. The quantitative estimate of drug-likeness (QED) is 0.826. The molecule has 2 aromatic rings. The molecule has 0 aliphatic carbocycles. The van der Waals surface area contributed by atoms with E-state index in [4.69, 9.17) is 0 Å². The Balaban J connectivity index is 1.91. The van der Waals surface area contributed by atoms with E-state index >= 15 is 0 Å². The van der Waals surface area contributed by atoms with Gasteiger partial charge in [-0.3, -0.25) is 4.99 Å². The van der Waals surface area contributed by atoms with Crippen LogP contribution in [0.15, 0.2) is 29.3 Å². The van der Waals surface area contributed by atoms with Crippen molar-refractivity contribution < 1.29 is 0 Å². The second-order valence-corrected chi connectivity index (χ2v) is 5.26. The lowest BCUT2D eigenvalue weighted by molar-refractivity contribution is 1.17. The molecule has 1 aromatic heterocycles. The minimum atomic E-state index is 0.915. The Hall–Kier alpha value is -1.07. The predicted molar refractivity (Wildman–Crippen MR) is 68.0 cm³/mol. The van der Waals surface area contributed by atoms with E-state index in [1.54, 1.807) is 23.1 Å². The van der Waals surface area contributed by atoms with E-state index in [2.05, 4.69) is 21.4 Å². The van der Waals surface area contributed by atoms with Gasteiger partial charge in [-0.2, -0.15) is 0 Å². The van der Waals surface area contributed by atoms with E-state index < -0.39 is 0 Å². The Morgan fingerprint density at radius 3 is 3.00 bits per heavy atom. The van der Waals surface area contributed by atoms with Gasteiger partial charge in [0.05, 0.1) is 16.8 Å². The van der Waals surface area contributed by atoms with E-state index in [0.29, 0.717) is 0 Å². The van der Waals surface area contributed by atoms with Crippen LogP contribution in [0.3, 0.4) is 0 Å². The number of nitrogens with one attached hydrogen (secondary N) is 1. The van der Waals surface area contributed by atoms with Crippen molar-refractivity contribution in [2.75, 3.05) is 17.6 Å². The molecule has 0 amide bonds. The number of aliphatic imine (C=N–C) groups is 1. The van der Waals surface area contributed by atoms with E-state index in [1.807, 2.05) is 18.2 Å². The number of hydrogen-bond donors (Lipinski definition) is 1. The largest absolute Gasteiger partial charge is 0.311 e. The van der Waals surface area contributed by atoms with Crippen molar-refractivity contribution in [1.82, 2.24) is 4.98 Å². The first kappa shape index (κ1) is 9.18. The molecule has 3 nitrogen and oxygen atoms in total. The van der Waals surface area contributed by atoms with Crippen LogP contribution in [0.2, 0.25) is 0 Å². The highest BCUT2D eigenvalue weighted by molar-refractivity contribution is 8.14. The van der Waals surface area contributed by atoms with Gasteiger partial charge in [0, 0.05) is 5.75 Å². The van der Waals surface area contributed by atoms with Gasteiger partial charge in [0.1, 0.15) is 0 Å². The fraction of sp³-hybridized carbons (Fsp3) is 0.200. The maximum absolute atomic E-state index is 4.49. The topological polar surface area (TPSA) is 37.3 Å². The molecule has 0 saturated heterocycles. The summed E-state index contributed by atoms with van der Waals surface area (Å²) < 4.78 is 1.21. The summed E-state index contributed by atoms with van der Waals surface area (Å²) in [4.78, 5) is 8.83. The lowest BCUT2D eigenvalue weighted by Gasteiger charge is -1.97. The Morgan fingerprint density at radius 2 is 2.20 bits per heavy atom. The van der Waals surface area contributed by atoms with Crippen LogP contribution in [0, 0.1) is 0 Å². The predicted octanol–water partition coefficient (Wildman–Crippen LogP) is 2.81. The number of fused-ring (bicyclic) bond motifs is 1. The molecule has 0 radical (unpaired) electrons. The van der Waals surface area contributed by atoms with Gasteiger partial charge in [-0.25, -0.2) is 4.98 Å². The molecule has 0 bridgehead atoms. The molecule has 0 fully saturated rings. The first-order chi connectivity index (χ1) is 7.42. The number of rotatable bonds is 1. The molecule has 0 atom stereocenters. The summed E-state index contributed by atoms with van der Waals surface area (Å²) >= 11 is 3.42. The van der Waals surface area contributed by atoms with Gasteiger partial charge >= 0.3 is 0 Å². The first-order valence-electron chi connectivity index (χ1n) is 4.72. The van der Waals surface area contributed by atoms with Crippen LogP contribution in [0.25, 0.3) is 10.2 Å². The summed E-state index contributed by atoms with van der Waals surface area (Å²) in [6, 6.07) is 8.15. The third-order valence-corrected chi connectivity index (χ3v) is 3.94. The zero-order chi connectivity index (χ0) is 10.1. The SMILES string of the molecule is c1ccc2sc(NC3=NCCS3)nc2c1. The zero-order valence-corrected chi connectivity index (χ0v) is 9.57. The molecule has 1 N–H and O–H groups in total. The standard InChI is InChI=1S/C10H9N3S2/c1-2-4-8-7(3-1)12-10(15-8)13-9-11-5-6-14-9/h1-4H,5-6H2,(H,11,12,13). The monoisotopic (exact) mass is 235 g/mol. The number of aromatic nitrogens is 1. The summed E-state index contributed by atoms with van der Waals surface area (Å²) in [5.41, 5.74) is 1.05. The van der Waals surface area contributed by atoms with Gasteiger partial charge in [0.25, 0.3) is 0 Å². The van der Waals surface area contributed by atoms with Gasteiger partial charge in [0.2, 0.25) is 0 Å². The molecule has 1 aliphatic heterocycles. The average Bonchev–Trinajstić information content (AvgIpc) is 2.86. The molecule has 0 saturated carbocycles. The smallest absolute Gasteiger partial charge is 0.189 e.